The van der Waals surface area contributed by atoms with Crippen molar-refractivity contribution in [2.24, 2.45) is 5.10 Å². The van der Waals surface area contributed by atoms with E-state index in [1.165, 1.54) is 0 Å². The molecule has 0 aliphatic carbocycles. The molecule has 2 aromatic carbocycles. The van der Waals surface area contributed by atoms with Gasteiger partial charge >= 0.3 is 0 Å². The van der Waals surface area contributed by atoms with E-state index in [1.54, 1.807) is 49.7 Å². The zero-order chi connectivity index (χ0) is 16.2. The standard InChI is InChI=1S/C16H14N4O3/c1-23-12-8-6-11(7-9-12)10-17-19-16-18-14-5-3-2-4-13(14)15(21)20(16)22/h2-10,22H,1H3,(H,18,19). The maximum Gasteiger partial charge on any atom is 0.295 e. The number of ether oxygens (including phenoxy) is 1. The predicted molar refractivity (Wildman–Crippen MR) is 87.4 cm³/mol. The van der Waals surface area contributed by atoms with E-state index in [4.69, 9.17) is 4.74 Å². The van der Waals surface area contributed by atoms with Crippen molar-refractivity contribution in [3.05, 3.63) is 64.4 Å². The van der Waals surface area contributed by atoms with E-state index in [2.05, 4.69) is 15.5 Å². The van der Waals surface area contributed by atoms with Crippen molar-refractivity contribution >= 4 is 23.1 Å². The lowest BCUT2D eigenvalue weighted by atomic mass is 10.2. The van der Waals surface area contributed by atoms with Crippen molar-refractivity contribution in [3.63, 3.8) is 0 Å². The largest absolute Gasteiger partial charge is 0.497 e. The summed E-state index contributed by atoms with van der Waals surface area (Å²) in [5.74, 6) is 0.689. The fourth-order valence-corrected chi connectivity index (χ4v) is 2.05. The van der Waals surface area contributed by atoms with Crippen molar-refractivity contribution in [1.29, 1.82) is 0 Å². The third-order valence-corrected chi connectivity index (χ3v) is 3.25. The third-order valence-electron chi connectivity index (χ3n) is 3.25. The topological polar surface area (TPSA) is 88.7 Å². The number of nitrogens with one attached hydrogen (secondary N) is 1. The van der Waals surface area contributed by atoms with E-state index in [0.717, 1.165) is 11.3 Å². The van der Waals surface area contributed by atoms with Crippen molar-refractivity contribution < 1.29 is 9.94 Å². The maximum atomic E-state index is 12.0. The van der Waals surface area contributed by atoms with E-state index in [-0.39, 0.29) is 5.95 Å². The molecule has 0 fully saturated rings. The predicted octanol–water partition coefficient (Wildman–Crippen LogP) is 2.09. The van der Waals surface area contributed by atoms with E-state index in [9.17, 15) is 10.0 Å². The Labute approximate surface area is 131 Å². The van der Waals surface area contributed by atoms with Crippen molar-refractivity contribution in [2.45, 2.75) is 0 Å². The van der Waals surface area contributed by atoms with Gasteiger partial charge in [0.25, 0.3) is 11.5 Å². The van der Waals surface area contributed by atoms with Gasteiger partial charge < -0.3 is 9.94 Å². The van der Waals surface area contributed by atoms with Crippen LogP contribution in [-0.4, -0.2) is 28.2 Å². The number of aromatic nitrogens is 2. The molecule has 0 saturated heterocycles. The first-order chi connectivity index (χ1) is 11.2. The smallest absolute Gasteiger partial charge is 0.295 e. The molecule has 23 heavy (non-hydrogen) atoms. The van der Waals surface area contributed by atoms with Gasteiger partial charge in [-0.05, 0) is 42.0 Å². The first-order valence-corrected chi connectivity index (χ1v) is 6.83. The Hall–Kier alpha value is -3.35. The van der Waals surface area contributed by atoms with Gasteiger partial charge in [0.15, 0.2) is 0 Å². The number of fused-ring (bicyclic) bond motifs is 1. The molecule has 116 valence electrons. The Kier molecular flexibility index (Phi) is 3.92. The molecule has 3 aromatic rings. The number of rotatable bonds is 4. The van der Waals surface area contributed by atoms with Crippen LogP contribution in [0.25, 0.3) is 10.9 Å². The highest BCUT2D eigenvalue weighted by Gasteiger charge is 2.08. The molecule has 0 aliphatic heterocycles. The van der Waals surface area contributed by atoms with Crippen LogP contribution < -0.4 is 15.7 Å². The van der Waals surface area contributed by atoms with E-state index in [0.29, 0.717) is 15.6 Å². The fourth-order valence-electron chi connectivity index (χ4n) is 2.05. The highest BCUT2D eigenvalue weighted by molar-refractivity contribution is 5.81. The summed E-state index contributed by atoms with van der Waals surface area (Å²) in [5, 5.41) is 14.2. The van der Waals surface area contributed by atoms with Gasteiger partial charge in [-0.25, -0.2) is 10.4 Å². The Bertz CT molecular complexity index is 917. The molecule has 0 spiro atoms. The van der Waals surface area contributed by atoms with Gasteiger partial charge in [0.05, 0.1) is 24.2 Å². The van der Waals surface area contributed by atoms with Gasteiger partial charge in [0.1, 0.15) is 5.75 Å². The van der Waals surface area contributed by atoms with Crippen LogP contribution in [0.3, 0.4) is 0 Å². The molecule has 0 aliphatic rings. The minimum absolute atomic E-state index is 0.0570. The average Bonchev–Trinajstić information content (AvgIpc) is 2.60. The van der Waals surface area contributed by atoms with Crippen LogP contribution >= 0.6 is 0 Å². The molecule has 7 heteroatoms. The summed E-state index contributed by atoms with van der Waals surface area (Å²) in [7, 11) is 1.59. The Morgan fingerprint density at radius 2 is 1.96 bits per heavy atom. The summed E-state index contributed by atoms with van der Waals surface area (Å²) in [6.07, 6.45) is 1.54. The number of anilines is 1. The Morgan fingerprint density at radius 1 is 1.22 bits per heavy atom. The monoisotopic (exact) mass is 310 g/mol. The average molecular weight is 310 g/mol. The van der Waals surface area contributed by atoms with E-state index in [1.807, 2.05) is 12.1 Å². The van der Waals surface area contributed by atoms with Crippen molar-refractivity contribution in [3.8, 4) is 5.75 Å². The van der Waals surface area contributed by atoms with Gasteiger partial charge in [-0.1, -0.05) is 12.1 Å². The Balaban J connectivity index is 1.85. The highest BCUT2D eigenvalue weighted by atomic mass is 16.5. The van der Waals surface area contributed by atoms with Crippen molar-refractivity contribution in [1.82, 2.24) is 9.71 Å². The zero-order valence-electron chi connectivity index (χ0n) is 12.3. The van der Waals surface area contributed by atoms with Crippen molar-refractivity contribution in [2.75, 3.05) is 12.5 Å². The molecule has 0 bridgehead atoms. The molecule has 0 saturated carbocycles. The second kappa shape index (κ2) is 6.18. The quantitative estimate of drug-likeness (QED) is 0.437. The first-order valence-electron chi connectivity index (χ1n) is 6.83. The first kappa shape index (κ1) is 14.6. The van der Waals surface area contributed by atoms with Crippen LogP contribution in [0.1, 0.15) is 5.56 Å². The summed E-state index contributed by atoms with van der Waals surface area (Å²) in [4.78, 5) is 16.2. The van der Waals surface area contributed by atoms with Crippen LogP contribution in [0.15, 0.2) is 58.4 Å². The highest BCUT2D eigenvalue weighted by Crippen LogP contribution is 2.11. The summed E-state index contributed by atoms with van der Waals surface area (Å²) in [6.45, 7) is 0. The number of nitrogens with zero attached hydrogens (tertiary/aromatic N) is 3. The Morgan fingerprint density at radius 3 is 2.70 bits per heavy atom. The summed E-state index contributed by atoms with van der Waals surface area (Å²) < 4.78 is 5.51. The SMILES string of the molecule is COc1ccc(C=NNc2nc3ccccc3c(=O)n2O)cc1. The molecular formula is C16H14N4O3. The second-order valence-corrected chi connectivity index (χ2v) is 4.71. The molecule has 0 unspecified atom stereocenters. The fraction of sp³-hybridized carbons (Fsp3) is 0.0625. The maximum absolute atomic E-state index is 12.0. The van der Waals surface area contributed by atoms with Gasteiger partial charge in [0, 0.05) is 0 Å². The van der Waals surface area contributed by atoms with E-state index < -0.39 is 5.56 Å². The van der Waals surface area contributed by atoms with Gasteiger partial charge in [-0.15, -0.1) is 4.73 Å². The minimum Gasteiger partial charge on any atom is -0.497 e. The zero-order valence-corrected chi connectivity index (χ0v) is 12.3. The lowest BCUT2D eigenvalue weighted by Crippen LogP contribution is -2.22. The molecule has 3 rings (SSSR count). The minimum atomic E-state index is -0.558. The number of hydrogen-bond donors (Lipinski definition) is 2. The van der Waals surface area contributed by atoms with Crippen LogP contribution in [-0.2, 0) is 0 Å². The second-order valence-electron chi connectivity index (χ2n) is 4.71. The molecule has 2 N–H and O–H groups in total. The summed E-state index contributed by atoms with van der Waals surface area (Å²) in [6, 6.07) is 14.0. The number of benzene rings is 2. The number of hydrazone groups is 1. The van der Waals surface area contributed by atoms with Crippen LogP contribution in [0.2, 0.25) is 0 Å². The lowest BCUT2D eigenvalue weighted by Gasteiger charge is -2.06. The summed E-state index contributed by atoms with van der Waals surface area (Å²) in [5.41, 5.74) is 3.31. The van der Waals surface area contributed by atoms with Gasteiger partial charge in [-0.2, -0.15) is 5.10 Å². The number of methoxy groups -OCH3 is 1. The molecular weight excluding hydrogens is 296 g/mol. The van der Waals surface area contributed by atoms with E-state index >= 15 is 0 Å². The summed E-state index contributed by atoms with van der Waals surface area (Å²) >= 11 is 0. The molecule has 0 atom stereocenters. The molecule has 1 aromatic heterocycles. The van der Waals surface area contributed by atoms with Crippen LogP contribution in [0.5, 0.6) is 5.75 Å². The van der Waals surface area contributed by atoms with Gasteiger partial charge in [-0.3, -0.25) is 4.79 Å². The van der Waals surface area contributed by atoms with Crippen LogP contribution in [0, 0.1) is 0 Å². The number of hydrogen-bond acceptors (Lipinski definition) is 6. The molecule has 0 radical (unpaired) electrons. The van der Waals surface area contributed by atoms with Crippen LogP contribution in [0.4, 0.5) is 5.95 Å². The number of para-hydroxylation sites is 1. The molecule has 7 nitrogen and oxygen atoms in total. The molecule has 0 amide bonds. The lowest BCUT2D eigenvalue weighted by molar-refractivity contribution is 0.179. The normalized spacial score (nSPS) is 11.0. The third kappa shape index (κ3) is 2.98. The molecule has 1 heterocycles. The van der Waals surface area contributed by atoms with Gasteiger partial charge in [0.2, 0.25) is 0 Å².